The lowest BCUT2D eigenvalue weighted by Crippen LogP contribution is -2.57. The second-order valence-corrected chi connectivity index (χ2v) is 7.80. The standard InChI is InChI=1S/C19H25N7O/c1-11(2)16-21-7-12(8-22-16)9-23-18-24-10-13(6-20)17(26-18)25-14-5-15(27)19(14,3)4/h7-8,10-11,14-15,27H,5,9H2,1-4H3,(H2,23,24,25,26)/t14-,15+/m0/s1. The summed E-state index contributed by atoms with van der Waals surface area (Å²) in [7, 11) is 0. The zero-order chi connectivity index (χ0) is 19.6. The molecule has 1 fully saturated rings. The average Bonchev–Trinajstić information content (AvgIpc) is 2.66. The van der Waals surface area contributed by atoms with E-state index in [1.165, 1.54) is 6.20 Å². The Hall–Kier alpha value is -2.79. The number of nitrogens with one attached hydrogen (secondary N) is 2. The molecule has 3 N–H and O–H groups in total. The summed E-state index contributed by atoms with van der Waals surface area (Å²) in [6, 6.07) is 2.16. The summed E-state index contributed by atoms with van der Waals surface area (Å²) in [5.74, 6) is 2.00. The lowest BCUT2D eigenvalue weighted by molar-refractivity contribution is -0.0511. The fraction of sp³-hybridized carbons (Fsp3) is 0.526. The molecule has 2 heterocycles. The van der Waals surface area contributed by atoms with Crippen LogP contribution in [0.4, 0.5) is 11.8 Å². The summed E-state index contributed by atoms with van der Waals surface area (Å²) >= 11 is 0. The van der Waals surface area contributed by atoms with E-state index in [9.17, 15) is 10.4 Å². The molecule has 0 radical (unpaired) electrons. The summed E-state index contributed by atoms with van der Waals surface area (Å²) in [5.41, 5.74) is 1.04. The Morgan fingerprint density at radius 1 is 1.26 bits per heavy atom. The van der Waals surface area contributed by atoms with E-state index in [1.54, 1.807) is 12.4 Å². The van der Waals surface area contributed by atoms with Gasteiger partial charge in [0.05, 0.1) is 12.3 Å². The SMILES string of the molecule is CC(C)c1ncc(CNc2ncc(C#N)c(N[C@H]3C[C@@H](O)C3(C)C)n2)cn1. The second kappa shape index (κ2) is 7.45. The highest BCUT2D eigenvalue weighted by Gasteiger charge is 2.47. The van der Waals surface area contributed by atoms with Crippen molar-refractivity contribution in [1.29, 1.82) is 5.26 Å². The van der Waals surface area contributed by atoms with E-state index in [2.05, 4.69) is 50.5 Å². The lowest BCUT2D eigenvalue weighted by atomic mass is 9.64. The van der Waals surface area contributed by atoms with E-state index >= 15 is 0 Å². The van der Waals surface area contributed by atoms with Gasteiger partial charge in [0, 0.05) is 41.9 Å². The molecule has 0 saturated heterocycles. The number of nitriles is 1. The Kier molecular flexibility index (Phi) is 5.24. The third-order valence-corrected chi connectivity index (χ3v) is 5.13. The fourth-order valence-electron chi connectivity index (χ4n) is 2.91. The summed E-state index contributed by atoms with van der Waals surface area (Å²) in [4.78, 5) is 17.3. The monoisotopic (exact) mass is 367 g/mol. The van der Waals surface area contributed by atoms with E-state index in [0.29, 0.717) is 30.3 Å². The summed E-state index contributed by atoms with van der Waals surface area (Å²) in [6.07, 6.45) is 5.35. The van der Waals surface area contributed by atoms with Crippen LogP contribution in [0.2, 0.25) is 0 Å². The van der Waals surface area contributed by atoms with Crippen LogP contribution in [0.5, 0.6) is 0 Å². The summed E-state index contributed by atoms with van der Waals surface area (Å²) in [6.45, 7) is 8.57. The Morgan fingerprint density at radius 2 is 1.96 bits per heavy atom. The molecule has 2 aromatic rings. The van der Waals surface area contributed by atoms with Crippen molar-refractivity contribution in [2.45, 2.75) is 58.7 Å². The van der Waals surface area contributed by atoms with E-state index in [4.69, 9.17) is 0 Å². The molecule has 1 aliphatic rings. The van der Waals surface area contributed by atoms with Gasteiger partial charge >= 0.3 is 0 Å². The molecule has 0 amide bonds. The minimum atomic E-state index is -0.353. The maximum absolute atomic E-state index is 9.91. The largest absolute Gasteiger partial charge is 0.392 e. The maximum atomic E-state index is 9.91. The Bertz CT molecular complexity index is 842. The van der Waals surface area contributed by atoms with Gasteiger partial charge in [-0.05, 0) is 6.42 Å². The van der Waals surface area contributed by atoms with Gasteiger partial charge in [0.25, 0.3) is 0 Å². The summed E-state index contributed by atoms with van der Waals surface area (Å²) < 4.78 is 0. The topological polar surface area (TPSA) is 120 Å². The van der Waals surface area contributed by atoms with E-state index in [1.807, 2.05) is 13.8 Å². The number of hydrogen-bond donors (Lipinski definition) is 3. The van der Waals surface area contributed by atoms with E-state index < -0.39 is 0 Å². The van der Waals surface area contributed by atoms with Crippen LogP contribution >= 0.6 is 0 Å². The molecule has 1 aliphatic carbocycles. The zero-order valence-corrected chi connectivity index (χ0v) is 16.1. The van der Waals surface area contributed by atoms with Crippen molar-refractivity contribution in [1.82, 2.24) is 19.9 Å². The van der Waals surface area contributed by atoms with Crippen molar-refractivity contribution >= 4 is 11.8 Å². The number of aliphatic hydroxyl groups is 1. The first kappa shape index (κ1) is 19.0. The molecule has 8 nitrogen and oxygen atoms in total. The second-order valence-electron chi connectivity index (χ2n) is 7.80. The van der Waals surface area contributed by atoms with Crippen molar-refractivity contribution in [2.24, 2.45) is 5.41 Å². The van der Waals surface area contributed by atoms with Crippen LogP contribution in [-0.2, 0) is 6.54 Å². The van der Waals surface area contributed by atoms with Crippen LogP contribution < -0.4 is 10.6 Å². The fourth-order valence-corrected chi connectivity index (χ4v) is 2.91. The van der Waals surface area contributed by atoms with Crippen LogP contribution in [-0.4, -0.2) is 37.2 Å². The van der Waals surface area contributed by atoms with Gasteiger partial charge in [-0.3, -0.25) is 0 Å². The molecule has 142 valence electrons. The molecule has 3 rings (SSSR count). The third kappa shape index (κ3) is 3.98. The molecule has 0 unspecified atom stereocenters. The van der Waals surface area contributed by atoms with E-state index in [-0.39, 0.29) is 23.5 Å². The van der Waals surface area contributed by atoms with Crippen molar-refractivity contribution in [2.75, 3.05) is 10.6 Å². The van der Waals surface area contributed by atoms with Gasteiger partial charge in [0.2, 0.25) is 5.95 Å². The molecule has 1 saturated carbocycles. The number of nitrogens with zero attached hydrogens (tertiary/aromatic N) is 5. The van der Waals surface area contributed by atoms with Crippen LogP contribution in [0.25, 0.3) is 0 Å². The van der Waals surface area contributed by atoms with Crippen LogP contribution in [0.3, 0.4) is 0 Å². The minimum absolute atomic E-state index is 0.0549. The van der Waals surface area contributed by atoms with E-state index in [0.717, 1.165) is 11.4 Å². The normalized spacial score (nSPS) is 20.6. The zero-order valence-electron chi connectivity index (χ0n) is 16.1. The smallest absolute Gasteiger partial charge is 0.224 e. The molecular formula is C19H25N7O. The molecule has 0 bridgehead atoms. The lowest BCUT2D eigenvalue weighted by Gasteiger charge is -2.49. The van der Waals surface area contributed by atoms with Gasteiger partial charge in [-0.2, -0.15) is 10.2 Å². The predicted octanol–water partition coefficient (Wildman–Crippen LogP) is 2.45. The molecule has 0 aromatic carbocycles. The van der Waals surface area contributed by atoms with Crippen LogP contribution in [0, 0.1) is 16.7 Å². The number of aromatic nitrogens is 4. The van der Waals surface area contributed by atoms with Gasteiger partial charge < -0.3 is 15.7 Å². The highest BCUT2D eigenvalue weighted by atomic mass is 16.3. The minimum Gasteiger partial charge on any atom is -0.392 e. The molecule has 2 aromatic heterocycles. The number of anilines is 2. The first-order valence-electron chi connectivity index (χ1n) is 9.07. The Labute approximate surface area is 159 Å². The summed E-state index contributed by atoms with van der Waals surface area (Å²) in [5, 5.41) is 25.6. The van der Waals surface area contributed by atoms with Gasteiger partial charge in [0.15, 0.2) is 0 Å². The maximum Gasteiger partial charge on any atom is 0.224 e. The van der Waals surface area contributed by atoms with Crippen molar-refractivity contribution in [3.05, 3.63) is 35.5 Å². The number of hydrogen-bond acceptors (Lipinski definition) is 8. The van der Waals surface area contributed by atoms with Crippen LogP contribution in [0.1, 0.15) is 57.0 Å². The van der Waals surface area contributed by atoms with Crippen molar-refractivity contribution < 1.29 is 5.11 Å². The molecular weight excluding hydrogens is 342 g/mol. The van der Waals surface area contributed by atoms with Crippen LogP contribution in [0.15, 0.2) is 18.6 Å². The van der Waals surface area contributed by atoms with Gasteiger partial charge in [-0.15, -0.1) is 0 Å². The first-order valence-corrected chi connectivity index (χ1v) is 9.07. The predicted molar refractivity (Wildman–Crippen MR) is 102 cm³/mol. The van der Waals surface area contributed by atoms with Gasteiger partial charge in [0.1, 0.15) is 23.3 Å². The highest BCUT2D eigenvalue weighted by molar-refractivity contribution is 5.54. The number of rotatable bonds is 6. The molecule has 0 spiro atoms. The number of aliphatic hydroxyl groups excluding tert-OH is 1. The van der Waals surface area contributed by atoms with Crippen molar-refractivity contribution in [3.8, 4) is 6.07 Å². The Balaban J connectivity index is 1.69. The van der Waals surface area contributed by atoms with Gasteiger partial charge in [-0.1, -0.05) is 27.7 Å². The molecule has 27 heavy (non-hydrogen) atoms. The molecule has 8 heteroatoms. The third-order valence-electron chi connectivity index (χ3n) is 5.13. The highest BCUT2D eigenvalue weighted by Crippen LogP contribution is 2.42. The molecule has 0 aliphatic heterocycles. The quantitative estimate of drug-likeness (QED) is 0.712. The Morgan fingerprint density at radius 3 is 2.52 bits per heavy atom. The first-order chi connectivity index (χ1) is 12.8. The average molecular weight is 367 g/mol. The van der Waals surface area contributed by atoms with Crippen molar-refractivity contribution in [3.63, 3.8) is 0 Å². The molecule has 2 atom stereocenters. The van der Waals surface area contributed by atoms with Gasteiger partial charge in [-0.25, -0.2) is 15.0 Å².